The molecule has 3 heteroatoms. The minimum atomic E-state index is 0.511. The molecule has 0 bridgehead atoms. The van der Waals surface area contributed by atoms with E-state index in [2.05, 4.69) is 41.9 Å². The van der Waals surface area contributed by atoms with Crippen molar-refractivity contribution in [3.63, 3.8) is 0 Å². The number of pyridine rings is 1. The molecule has 3 nitrogen and oxygen atoms in total. The third-order valence-electron chi connectivity index (χ3n) is 4.59. The molecule has 1 aromatic heterocycles. The van der Waals surface area contributed by atoms with E-state index in [1.165, 1.54) is 36.9 Å². The number of rotatable bonds is 6. The van der Waals surface area contributed by atoms with E-state index in [1.54, 1.807) is 0 Å². The second-order valence-corrected chi connectivity index (χ2v) is 7.10. The van der Waals surface area contributed by atoms with Gasteiger partial charge in [0, 0.05) is 24.8 Å². The zero-order valence-electron chi connectivity index (χ0n) is 14.8. The first-order chi connectivity index (χ1) is 11.7. The first kappa shape index (κ1) is 17.0. The molecule has 1 saturated heterocycles. The number of nitrogens with zero attached hydrogens (tertiary/aromatic N) is 2. The molecule has 0 spiro atoms. The van der Waals surface area contributed by atoms with Gasteiger partial charge in [0.1, 0.15) is 6.61 Å². The van der Waals surface area contributed by atoms with E-state index in [9.17, 15) is 0 Å². The van der Waals surface area contributed by atoms with E-state index < -0.39 is 0 Å². The molecule has 1 fully saturated rings. The lowest BCUT2D eigenvalue weighted by atomic mass is 9.95. The van der Waals surface area contributed by atoms with Gasteiger partial charge in [0.15, 0.2) is 0 Å². The summed E-state index contributed by atoms with van der Waals surface area (Å²) in [5, 5.41) is 0. The Morgan fingerprint density at radius 3 is 2.67 bits per heavy atom. The average Bonchev–Trinajstić information content (AvgIpc) is 2.61. The van der Waals surface area contributed by atoms with Crippen LogP contribution >= 0.6 is 0 Å². The Morgan fingerprint density at radius 1 is 1.12 bits per heavy atom. The van der Waals surface area contributed by atoms with E-state index in [0.29, 0.717) is 24.4 Å². The van der Waals surface area contributed by atoms with Crippen LogP contribution in [0, 0.1) is 5.92 Å². The summed E-state index contributed by atoms with van der Waals surface area (Å²) < 4.78 is 5.80. The average molecular weight is 324 g/mol. The van der Waals surface area contributed by atoms with E-state index in [1.807, 2.05) is 30.5 Å². The molecule has 0 N–H and O–H groups in total. The Hall–Kier alpha value is -1.87. The normalized spacial score (nSPS) is 18.7. The number of aromatic nitrogens is 1. The first-order valence-corrected chi connectivity index (χ1v) is 9.09. The lowest BCUT2D eigenvalue weighted by molar-refractivity contribution is 0.132. The lowest BCUT2D eigenvalue weighted by Gasteiger charge is -2.37. The predicted octanol–water partition coefficient (Wildman–Crippen LogP) is 4.84. The monoisotopic (exact) mass is 324 g/mol. The van der Waals surface area contributed by atoms with Crippen LogP contribution in [0.2, 0.25) is 0 Å². The zero-order chi connectivity index (χ0) is 16.8. The minimum Gasteiger partial charge on any atom is -0.473 e. The summed E-state index contributed by atoms with van der Waals surface area (Å²) in [7, 11) is 0. The molecule has 0 saturated carbocycles. The van der Waals surface area contributed by atoms with Gasteiger partial charge in [-0.15, -0.1) is 0 Å². The molecule has 0 radical (unpaired) electrons. The molecule has 0 amide bonds. The number of ether oxygens (including phenoxy) is 1. The van der Waals surface area contributed by atoms with E-state index >= 15 is 0 Å². The van der Waals surface area contributed by atoms with Crippen molar-refractivity contribution in [1.29, 1.82) is 0 Å². The Balaban J connectivity index is 1.62. The summed E-state index contributed by atoms with van der Waals surface area (Å²) in [6.07, 6.45) is 5.86. The highest BCUT2D eigenvalue weighted by atomic mass is 16.5. The van der Waals surface area contributed by atoms with Gasteiger partial charge in [0.05, 0.1) is 0 Å². The van der Waals surface area contributed by atoms with Crippen LogP contribution in [0.25, 0.3) is 0 Å². The standard InChI is InChI=1S/C21H28N2O/c1-17(2)15-23-13-7-6-10-20(23)19-11-12-21(22-14-19)24-16-18-8-4-3-5-9-18/h3-5,8-9,11-12,14,17,20H,6-7,10,13,15-16H2,1-2H3. The Bertz CT molecular complexity index is 609. The van der Waals surface area contributed by atoms with Gasteiger partial charge in [-0.2, -0.15) is 0 Å². The Labute approximate surface area is 145 Å². The van der Waals surface area contributed by atoms with Crippen LogP contribution in [0.4, 0.5) is 0 Å². The smallest absolute Gasteiger partial charge is 0.213 e. The number of benzene rings is 1. The fraction of sp³-hybridized carbons (Fsp3) is 0.476. The van der Waals surface area contributed by atoms with Crippen LogP contribution in [0.3, 0.4) is 0 Å². The predicted molar refractivity (Wildman–Crippen MR) is 98.0 cm³/mol. The Morgan fingerprint density at radius 2 is 1.96 bits per heavy atom. The highest BCUT2D eigenvalue weighted by molar-refractivity contribution is 5.22. The van der Waals surface area contributed by atoms with Crippen molar-refractivity contribution >= 4 is 0 Å². The van der Waals surface area contributed by atoms with Crippen molar-refractivity contribution in [3.8, 4) is 5.88 Å². The molecule has 24 heavy (non-hydrogen) atoms. The van der Waals surface area contributed by atoms with Crippen molar-refractivity contribution in [2.45, 2.75) is 45.8 Å². The van der Waals surface area contributed by atoms with Gasteiger partial charge in [-0.1, -0.05) is 56.7 Å². The number of hydrogen-bond donors (Lipinski definition) is 0. The van der Waals surface area contributed by atoms with E-state index in [0.717, 1.165) is 6.54 Å². The summed E-state index contributed by atoms with van der Waals surface area (Å²) >= 11 is 0. The van der Waals surface area contributed by atoms with E-state index in [-0.39, 0.29) is 0 Å². The first-order valence-electron chi connectivity index (χ1n) is 9.09. The van der Waals surface area contributed by atoms with Gasteiger partial charge in [-0.3, -0.25) is 4.90 Å². The van der Waals surface area contributed by atoms with Gasteiger partial charge in [0.25, 0.3) is 0 Å². The lowest BCUT2D eigenvalue weighted by Crippen LogP contribution is -2.36. The zero-order valence-corrected chi connectivity index (χ0v) is 14.8. The number of hydrogen-bond acceptors (Lipinski definition) is 3. The molecule has 1 atom stereocenters. The second kappa shape index (κ2) is 8.29. The Kier molecular flexibility index (Phi) is 5.86. The minimum absolute atomic E-state index is 0.511. The molecule has 1 aliphatic heterocycles. The van der Waals surface area contributed by atoms with Crippen LogP contribution < -0.4 is 4.74 Å². The molecule has 1 aromatic carbocycles. The van der Waals surface area contributed by atoms with Gasteiger partial charge in [-0.25, -0.2) is 4.98 Å². The van der Waals surface area contributed by atoms with Crippen LogP contribution in [-0.2, 0) is 6.61 Å². The van der Waals surface area contributed by atoms with Gasteiger partial charge in [0.2, 0.25) is 5.88 Å². The molecule has 2 aromatic rings. The molecule has 1 unspecified atom stereocenters. The summed E-state index contributed by atoms with van der Waals surface area (Å²) in [6, 6.07) is 14.9. The van der Waals surface area contributed by atoms with Crippen molar-refractivity contribution < 1.29 is 4.74 Å². The summed E-state index contributed by atoms with van der Waals surface area (Å²) in [6.45, 7) is 7.52. The second-order valence-electron chi connectivity index (χ2n) is 7.10. The van der Waals surface area contributed by atoms with E-state index in [4.69, 9.17) is 4.74 Å². The third kappa shape index (κ3) is 4.57. The van der Waals surface area contributed by atoms with Crippen LogP contribution in [-0.4, -0.2) is 23.0 Å². The number of likely N-dealkylation sites (tertiary alicyclic amines) is 1. The molecule has 3 rings (SSSR count). The van der Waals surface area contributed by atoms with Gasteiger partial charge >= 0.3 is 0 Å². The molecule has 1 aliphatic rings. The van der Waals surface area contributed by atoms with Crippen LogP contribution in [0.15, 0.2) is 48.7 Å². The summed E-state index contributed by atoms with van der Waals surface area (Å²) in [4.78, 5) is 7.15. The van der Waals surface area contributed by atoms with Crippen molar-refractivity contribution in [3.05, 3.63) is 59.8 Å². The fourth-order valence-electron chi connectivity index (χ4n) is 3.46. The third-order valence-corrected chi connectivity index (χ3v) is 4.59. The quantitative estimate of drug-likeness (QED) is 0.760. The van der Waals surface area contributed by atoms with Gasteiger partial charge < -0.3 is 4.74 Å². The maximum atomic E-state index is 5.80. The topological polar surface area (TPSA) is 25.4 Å². The maximum Gasteiger partial charge on any atom is 0.213 e. The molecule has 0 aliphatic carbocycles. The maximum absolute atomic E-state index is 5.80. The van der Waals surface area contributed by atoms with Crippen molar-refractivity contribution in [1.82, 2.24) is 9.88 Å². The highest BCUT2D eigenvalue weighted by Gasteiger charge is 2.24. The van der Waals surface area contributed by atoms with Crippen molar-refractivity contribution in [2.24, 2.45) is 5.92 Å². The number of piperidine rings is 1. The van der Waals surface area contributed by atoms with Crippen LogP contribution in [0.5, 0.6) is 5.88 Å². The summed E-state index contributed by atoms with van der Waals surface area (Å²) in [5.41, 5.74) is 2.49. The fourth-order valence-corrected chi connectivity index (χ4v) is 3.46. The molecule has 128 valence electrons. The molecular formula is C21H28N2O. The van der Waals surface area contributed by atoms with Crippen molar-refractivity contribution in [2.75, 3.05) is 13.1 Å². The van der Waals surface area contributed by atoms with Crippen LogP contribution in [0.1, 0.15) is 50.3 Å². The SMILES string of the molecule is CC(C)CN1CCCCC1c1ccc(OCc2ccccc2)nc1. The molecular weight excluding hydrogens is 296 g/mol. The van der Waals surface area contributed by atoms with Gasteiger partial charge in [-0.05, 0) is 36.4 Å². The largest absolute Gasteiger partial charge is 0.473 e. The summed E-state index contributed by atoms with van der Waals surface area (Å²) in [5.74, 6) is 1.40. The highest BCUT2D eigenvalue weighted by Crippen LogP contribution is 2.31. The molecule has 2 heterocycles.